The number of rotatable bonds is 8. The summed E-state index contributed by atoms with van der Waals surface area (Å²) in [7, 11) is 0. The van der Waals surface area contributed by atoms with E-state index in [1.165, 1.54) is 22.4 Å². The summed E-state index contributed by atoms with van der Waals surface area (Å²) in [4.78, 5) is 0. The van der Waals surface area contributed by atoms with Crippen LogP contribution in [0.15, 0.2) is 54.9 Å². The van der Waals surface area contributed by atoms with Crippen LogP contribution in [0.1, 0.15) is 33.4 Å². The van der Waals surface area contributed by atoms with Crippen LogP contribution in [0.5, 0.6) is 0 Å². The summed E-state index contributed by atoms with van der Waals surface area (Å²) < 4.78 is 40.9. The highest BCUT2D eigenvalue weighted by molar-refractivity contribution is 5.31. The number of aliphatic hydroxyl groups excluding tert-OH is 1. The van der Waals surface area contributed by atoms with Crippen molar-refractivity contribution in [3.8, 4) is 0 Å². The minimum atomic E-state index is -4.39. The van der Waals surface area contributed by atoms with Crippen LogP contribution >= 0.6 is 0 Å². The van der Waals surface area contributed by atoms with Crippen molar-refractivity contribution in [2.45, 2.75) is 45.6 Å². The van der Waals surface area contributed by atoms with Crippen molar-refractivity contribution in [1.82, 2.24) is 15.1 Å². The number of alkyl halides is 3. The molecule has 2 aromatic carbocycles. The van der Waals surface area contributed by atoms with Crippen LogP contribution < -0.4 is 5.32 Å². The SMILES string of the molecule is Cc1ccc(CC(O)CNCc2cnn(Cc3ccccc3C(F)(F)F)c2)c(C)c1. The van der Waals surface area contributed by atoms with E-state index in [4.69, 9.17) is 0 Å². The maximum atomic E-state index is 13.1. The van der Waals surface area contributed by atoms with Crippen LogP contribution in [-0.2, 0) is 25.7 Å². The van der Waals surface area contributed by atoms with Gasteiger partial charge in [-0.1, -0.05) is 42.0 Å². The van der Waals surface area contributed by atoms with Crippen LogP contribution in [0.25, 0.3) is 0 Å². The Labute approximate surface area is 174 Å². The Morgan fingerprint density at radius 3 is 2.60 bits per heavy atom. The monoisotopic (exact) mass is 417 g/mol. The summed E-state index contributed by atoms with van der Waals surface area (Å²) in [6.45, 7) is 5.01. The van der Waals surface area contributed by atoms with Crippen molar-refractivity contribution >= 4 is 0 Å². The second kappa shape index (κ2) is 9.45. The molecule has 0 spiro atoms. The number of aryl methyl sites for hydroxylation is 2. The van der Waals surface area contributed by atoms with Crippen molar-refractivity contribution in [2.24, 2.45) is 0 Å². The number of nitrogens with zero attached hydrogens (tertiary/aromatic N) is 2. The molecule has 1 atom stereocenters. The van der Waals surface area contributed by atoms with Gasteiger partial charge in [0.2, 0.25) is 0 Å². The predicted octanol–water partition coefficient (Wildman–Crippen LogP) is 4.26. The molecule has 0 fully saturated rings. The normalized spacial score (nSPS) is 12.9. The van der Waals surface area contributed by atoms with E-state index in [0.29, 0.717) is 19.5 Å². The van der Waals surface area contributed by atoms with Crippen LogP contribution in [0, 0.1) is 13.8 Å². The van der Waals surface area contributed by atoms with E-state index in [0.717, 1.165) is 22.8 Å². The van der Waals surface area contributed by atoms with Crippen LogP contribution in [-0.4, -0.2) is 27.5 Å². The van der Waals surface area contributed by atoms with Gasteiger partial charge in [-0.05, 0) is 43.0 Å². The van der Waals surface area contributed by atoms with Gasteiger partial charge in [-0.15, -0.1) is 0 Å². The van der Waals surface area contributed by atoms with E-state index in [2.05, 4.69) is 16.5 Å². The third-order valence-electron chi connectivity index (χ3n) is 5.00. The lowest BCUT2D eigenvalue weighted by atomic mass is 10.0. The third kappa shape index (κ3) is 5.93. The molecule has 1 heterocycles. The van der Waals surface area contributed by atoms with Gasteiger partial charge in [0.05, 0.1) is 24.4 Å². The number of hydrogen-bond acceptors (Lipinski definition) is 3. The average molecular weight is 417 g/mol. The fourth-order valence-electron chi connectivity index (χ4n) is 3.48. The van der Waals surface area contributed by atoms with Crippen molar-refractivity contribution in [3.05, 3.63) is 88.2 Å². The first kappa shape index (κ1) is 22.1. The second-order valence-electron chi connectivity index (χ2n) is 7.62. The maximum absolute atomic E-state index is 13.1. The molecule has 3 aromatic rings. The smallest absolute Gasteiger partial charge is 0.391 e. The zero-order valence-electron chi connectivity index (χ0n) is 17.1. The van der Waals surface area contributed by atoms with Gasteiger partial charge in [-0.3, -0.25) is 4.68 Å². The maximum Gasteiger partial charge on any atom is 0.416 e. The fourth-order valence-corrected chi connectivity index (χ4v) is 3.48. The Hall–Kier alpha value is -2.64. The van der Waals surface area contributed by atoms with Gasteiger partial charge >= 0.3 is 6.18 Å². The standard InChI is InChI=1S/C23H26F3N3O/c1-16-7-8-19(17(2)9-16)10-21(30)13-27-11-18-12-28-29(14-18)15-20-5-3-4-6-22(20)23(24,25)26/h3-9,12,14,21,27,30H,10-11,13,15H2,1-2H3. The number of hydrogen-bond donors (Lipinski definition) is 2. The second-order valence-corrected chi connectivity index (χ2v) is 7.62. The van der Waals surface area contributed by atoms with Crippen molar-refractivity contribution < 1.29 is 18.3 Å². The van der Waals surface area contributed by atoms with Gasteiger partial charge in [0.25, 0.3) is 0 Å². The first-order valence-corrected chi connectivity index (χ1v) is 9.83. The van der Waals surface area contributed by atoms with Gasteiger partial charge in [0.1, 0.15) is 0 Å². The Morgan fingerprint density at radius 2 is 1.87 bits per heavy atom. The van der Waals surface area contributed by atoms with Crippen LogP contribution in [0.3, 0.4) is 0 Å². The molecule has 7 heteroatoms. The van der Waals surface area contributed by atoms with Gasteiger partial charge in [-0.2, -0.15) is 18.3 Å². The Morgan fingerprint density at radius 1 is 1.10 bits per heavy atom. The molecular weight excluding hydrogens is 391 g/mol. The largest absolute Gasteiger partial charge is 0.416 e. The zero-order valence-corrected chi connectivity index (χ0v) is 17.1. The molecule has 3 rings (SSSR count). The van der Waals surface area contributed by atoms with Crippen molar-refractivity contribution in [1.29, 1.82) is 0 Å². The summed E-state index contributed by atoms with van der Waals surface area (Å²) in [6, 6.07) is 11.7. The summed E-state index contributed by atoms with van der Waals surface area (Å²) in [5.41, 5.74) is 3.85. The van der Waals surface area contributed by atoms with E-state index in [9.17, 15) is 18.3 Å². The van der Waals surface area contributed by atoms with E-state index >= 15 is 0 Å². The lowest BCUT2D eigenvalue weighted by molar-refractivity contribution is -0.138. The highest BCUT2D eigenvalue weighted by Gasteiger charge is 2.32. The van der Waals surface area contributed by atoms with E-state index in [1.807, 2.05) is 26.0 Å². The Balaban J connectivity index is 1.52. The quantitative estimate of drug-likeness (QED) is 0.576. The molecule has 2 N–H and O–H groups in total. The van der Waals surface area contributed by atoms with E-state index < -0.39 is 17.8 Å². The summed E-state index contributed by atoms with van der Waals surface area (Å²) in [5, 5.41) is 17.6. The lowest BCUT2D eigenvalue weighted by Crippen LogP contribution is -2.28. The number of aromatic nitrogens is 2. The molecule has 0 aliphatic heterocycles. The van der Waals surface area contributed by atoms with E-state index in [-0.39, 0.29) is 12.1 Å². The molecule has 0 aliphatic carbocycles. The minimum absolute atomic E-state index is 0.0466. The molecule has 0 aliphatic rings. The molecule has 1 unspecified atom stereocenters. The molecule has 30 heavy (non-hydrogen) atoms. The first-order chi connectivity index (χ1) is 14.2. The molecule has 0 bridgehead atoms. The first-order valence-electron chi connectivity index (χ1n) is 9.83. The molecule has 0 saturated carbocycles. The summed E-state index contributed by atoms with van der Waals surface area (Å²) in [5.74, 6) is 0. The van der Waals surface area contributed by atoms with Crippen LogP contribution in [0.4, 0.5) is 13.2 Å². The van der Waals surface area contributed by atoms with Gasteiger partial charge < -0.3 is 10.4 Å². The molecule has 0 amide bonds. The highest BCUT2D eigenvalue weighted by atomic mass is 19.4. The summed E-state index contributed by atoms with van der Waals surface area (Å²) >= 11 is 0. The Bertz CT molecular complexity index is 982. The molecule has 1 aromatic heterocycles. The van der Waals surface area contributed by atoms with Crippen molar-refractivity contribution in [3.63, 3.8) is 0 Å². The van der Waals surface area contributed by atoms with Gasteiger partial charge in [0.15, 0.2) is 0 Å². The number of halogens is 3. The van der Waals surface area contributed by atoms with Gasteiger partial charge in [0, 0.05) is 24.8 Å². The fraction of sp³-hybridized carbons (Fsp3) is 0.348. The lowest BCUT2D eigenvalue weighted by Gasteiger charge is -2.14. The molecular formula is C23H26F3N3O. The molecule has 160 valence electrons. The van der Waals surface area contributed by atoms with E-state index in [1.54, 1.807) is 18.5 Å². The summed E-state index contributed by atoms with van der Waals surface area (Å²) in [6.07, 6.45) is -1.01. The van der Waals surface area contributed by atoms with Crippen molar-refractivity contribution in [2.75, 3.05) is 6.54 Å². The van der Waals surface area contributed by atoms with Crippen LogP contribution in [0.2, 0.25) is 0 Å². The highest BCUT2D eigenvalue weighted by Crippen LogP contribution is 2.32. The minimum Gasteiger partial charge on any atom is -0.391 e. The topological polar surface area (TPSA) is 50.1 Å². The number of benzene rings is 2. The Kier molecular flexibility index (Phi) is 6.95. The van der Waals surface area contributed by atoms with Gasteiger partial charge in [-0.25, -0.2) is 0 Å². The number of nitrogens with one attached hydrogen (secondary N) is 1. The molecule has 4 nitrogen and oxygen atoms in total. The zero-order chi connectivity index (χ0) is 21.7. The third-order valence-corrected chi connectivity index (χ3v) is 5.00. The predicted molar refractivity (Wildman–Crippen MR) is 110 cm³/mol. The molecule has 0 saturated heterocycles. The number of aliphatic hydroxyl groups is 1. The average Bonchev–Trinajstić information content (AvgIpc) is 3.11. The molecule has 0 radical (unpaired) electrons.